The lowest BCUT2D eigenvalue weighted by atomic mass is 10.1. The maximum atomic E-state index is 13.8. The van der Waals surface area contributed by atoms with Gasteiger partial charge in [-0.15, -0.1) is 12.4 Å². The summed E-state index contributed by atoms with van der Waals surface area (Å²) in [5.41, 5.74) is -1.24. The highest BCUT2D eigenvalue weighted by Crippen LogP contribution is 2.24. The molecule has 6 nitrogen and oxygen atoms in total. The van der Waals surface area contributed by atoms with Crippen LogP contribution in [0.4, 0.5) is 14.5 Å². The van der Waals surface area contributed by atoms with Crippen molar-refractivity contribution >= 4 is 34.0 Å². The topological polar surface area (TPSA) is 87.3 Å². The molecule has 0 aliphatic carbocycles. The normalized spacial score (nSPS) is 11.7. The molecule has 23 heavy (non-hydrogen) atoms. The minimum Gasteiger partial charge on any atom is -0.322 e. The molecule has 1 aromatic carbocycles. The molecular weight excluding hydrogens is 352 g/mol. The van der Waals surface area contributed by atoms with Crippen LogP contribution in [0.3, 0.4) is 0 Å². The second-order valence-electron chi connectivity index (χ2n) is 5.70. The lowest BCUT2D eigenvalue weighted by molar-refractivity contribution is -0.115. The molecule has 0 radical (unpaired) electrons. The number of likely N-dealkylation sites (N-methyl/N-ethyl adjacent to an activating group) is 1. The van der Waals surface area contributed by atoms with Gasteiger partial charge in [-0.05, 0) is 33.9 Å². The minimum absolute atomic E-state index is 0. The quantitative estimate of drug-likeness (QED) is 0.734. The number of sulfonamides is 1. The average molecular weight is 372 g/mol. The second-order valence-corrected chi connectivity index (χ2v) is 7.35. The fraction of sp³-hybridized carbons (Fsp3) is 0.462. The molecule has 1 amide bonds. The van der Waals surface area contributed by atoms with E-state index in [9.17, 15) is 22.0 Å². The van der Waals surface area contributed by atoms with Crippen molar-refractivity contribution in [2.45, 2.75) is 31.2 Å². The number of carbonyl (C=O) groups excluding carboxylic acids is 1. The molecule has 0 aliphatic heterocycles. The van der Waals surface area contributed by atoms with Gasteiger partial charge in [0.05, 0.1) is 12.2 Å². The third-order valence-electron chi connectivity index (χ3n) is 2.36. The van der Waals surface area contributed by atoms with Gasteiger partial charge >= 0.3 is 0 Å². The lowest BCUT2D eigenvalue weighted by Crippen LogP contribution is -2.40. The summed E-state index contributed by atoms with van der Waals surface area (Å²) in [7, 11) is -2.68. The Hall–Kier alpha value is -1.29. The van der Waals surface area contributed by atoms with Gasteiger partial charge in [0.1, 0.15) is 16.5 Å². The van der Waals surface area contributed by atoms with E-state index in [4.69, 9.17) is 0 Å². The highest BCUT2D eigenvalue weighted by atomic mass is 35.5. The number of amides is 1. The predicted octanol–water partition coefficient (Wildman–Crippen LogP) is 1.62. The summed E-state index contributed by atoms with van der Waals surface area (Å²) < 4.78 is 54.0. The molecule has 3 N–H and O–H groups in total. The maximum absolute atomic E-state index is 13.8. The van der Waals surface area contributed by atoms with E-state index in [0.717, 1.165) is 6.07 Å². The van der Waals surface area contributed by atoms with E-state index in [1.165, 1.54) is 7.05 Å². The Kier molecular flexibility index (Phi) is 7.55. The predicted molar refractivity (Wildman–Crippen MR) is 86.2 cm³/mol. The maximum Gasteiger partial charge on any atom is 0.244 e. The summed E-state index contributed by atoms with van der Waals surface area (Å²) in [6.45, 7) is 4.66. The van der Waals surface area contributed by atoms with Crippen LogP contribution in [0, 0.1) is 11.6 Å². The van der Waals surface area contributed by atoms with Crippen molar-refractivity contribution in [1.82, 2.24) is 10.0 Å². The Labute approximate surface area is 140 Å². The van der Waals surface area contributed by atoms with Crippen molar-refractivity contribution in [2.24, 2.45) is 0 Å². The molecule has 0 saturated carbocycles. The van der Waals surface area contributed by atoms with E-state index in [-0.39, 0.29) is 19.0 Å². The fourth-order valence-corrected chi connectivity index (χ4v) is 3.15. The van der Waals surface area contributed by atoms with Crippen LogP contribution >= 0.6 is 12.4 Å². The number of halogens is 3. The molecule has 0 fully saturated rings. The van der Waals surface area contributed by atoms with Gasteiger partial charge in [-0.1, -0.05) is 0 Å². The summed E-state index contributed by atoms with van der Waals surface area (Å²) >= 11 is 0. The largest absolute Gasteiger partial charge is 0.322 e. The van der Waals surface area contributed by atoms with Crippen LogP contribution in [-0.2, 0) is 14.8 Å². The Morgan fingerprint density at radius 3 is 2.22 bits per heavy atom. The summed E-state index contributed by atoms with van der Waals surface area (Å²) in [5.74, 6) is -2.88. The van der Waals surface area contributed by atoms with Gasteiger partial charge in [0.25, 0.3) is 0 Å². The van der Waals surface area contributed by atoms with Crippen LogP contribution in [0.5, 0.6) is 0 Å². The highest BCUT2D eigenvalue weighted by Gasteiger charge is 2.26. The van der Waals surface area contributed by atoms with Crippen LogP contribution in [0.25, 0.3) is 0 Å². The summed E-state index contributed by atoms with van der Waals surface area (Å²) in [5, 5.41) is 4.73. The number of benzene rings is 1. The van der Waals surface area contributed by atoms with Crippen LogP contribution in [0.2, 0.25) is 0 Å². The van der Waals surface area contributed by atoms with Crippen LogP contribution < -0.4 is 15.4 Å². The number of rotatable bonds is 5. The summed E-state index contributed by atoms with van der Waals surface area (Å²) in [4.78, 5) is 10.7. The Morgan fingerprint density at radius 2 is 1.74 bits per heavy atom. The zero-order valence-electron chi connectivity index (χ0n) is 13.2. The minimum atomic E-state index is -4.19. The van der Waals surface area contributed by atoms with Gasteiger partial charge in [-0.3, -0.25) is 4.79 Å². The van der Waals surface area contributed by atoms with Gasteiger partial charge in [0.15, 0.2) is 0 Å². The second kappa shape index (κ2) is 8.00. The summed E-state index contributed by atoms with van der Waals surface area (Å²) in [6.07, 6.45) is 0. The standard InChI is InChI=1S/C13H19F2N3O3S.ClH/c1-13(2,3)18-22(20,21)11-6-10(8(14)5-9(11)15)17-12(19)7-16-4;/h5-6,16,18H,7H2,1-4H3,(H,17,19);1H. The first kappa shape index (κ1) is 21.7. The van der Waals surface area contributed by atoms with Gasteiger partial charge in [0.2, 0.25) is 15.9 Å². The Bertz CT molecular complexity index is 676. The molecule has 0 unspecified atom stereocenters. The van der Waals surface area contributed by atoms with E-state index in [1.807, 2.05) is 0 Å². The van der Waals surface area contributed by atoms with Crippen molar-refractivity contribution in [3.05, 3.63) is 23.8 Å². The smallest absolute Gasteiger partial charge is 0.244 e. The Balaban J connectivity index is 0.00000484. The fourth-order valence-electron chi connectivity index (χ4n) is 1.64. The van der Waals surface area contributed by atoms with Gasteiger partial charge in [-0.2, -0.15) is 0 Å². The van der Waals surface area contributed by atoms with Crippen LogP contribution in [-0.4, -0.2) is 33.5 Å². The molecular formula is C13H20ClF2N3O3S. The molecule has 0 aromatic heterocycles. The molecule has 0 aliphatic rings. The lowest BCUT2D eigenvalue weighted by Gasteiger charge is -2.21. The van der Waals surface area contributed by atoms with Crippen LogP contribution in [0.15, 0.2) is 17.0 Å². The van der Waals surface area contributed by atoms with E-state index in [0.29, 0.717) is 6.07 Å². The molecule has 0 bridgehead atoms. The zero-order chi connectivity index (χ0) is 17.1. The number of nitrogens with one attached hydrogen (secondary N) is 3. The van der Waals surface area contributed by atoms with Crippen molar-refractivity contribution in [2.75, 3.05) is 18.9 Å². The zero-order valence-corrected chi connectivity index (χ0v) is 14.8. The molecule has 0 heterocycles. The van der Waals surface area contributed by atoms with E-state index >= 15 is 0 Å². The van der Waals surface area contributed by atoms with Gasteiger partial charge in [0, 0.05) is 11.6 Å². The first-order valence-corrected chi connectivity index (χ1v) is 7.92. The average Bonchev–Trinajstić information content (AvgIpc) is 2.29. The summed E-state index contributed by atoms with van der Waals surface area (Å²) in [6, 6.07) is 1.18. The number of hydrogen-bond donors (Lipinski definition) is 3. The van der Waals surface area contributed by atoms with Gasteiger partial charge < -0.3 is 10.6 Å². The van der Waals surface area contributed by atoms with E-state index in [2.05, 4.69) is 15.4 Å². The SMILES string of the molecule is CNCC(=O)Nc1cc(S(=O)(=O)NC(C)(C)C)c(F)cc1F.Cl. The number of carbonyl (C=O) groups is 1. The number of anilines is 1. The molecule has 1 aromatic rings. The van der Waals surface area contributed by atoms with Crippen LogP contribution in [0.1, 0.15) is 20.8 Å². The van der Waals surface area contributed by atoms with Crippen molar-refractivity contribution < 1.29 is 22.0 Å². The monoisotopic (exact) mass is 371 g/mol. The first-order valence-electron chi connectivity index (χ1n) is 6.44. The van der Waals surface area contributed by atoms with Crippen molar-refractivity contribution in [3.8, 4) is 0 Å². The van der Waals surface area contributed by atoms with Gasteiger partial charge in [-0.25, -0.2) is 21.9 Å². The molecule has 0 saturated heterocycles. The van der Waals surface area contributed by atoms with Crippen molar-refractivity contribution in [3.63, 3.8) is 0 Å². The third-order valence-corrected chi connectivity index (χ3v) is 4.14. The highest BCUT2D eigenvalue weighted by molar-refractivity contribution is 7.89. The van der Waals surface area contributed by atoms with Crippen molar-refractivity contribution in [1.29, 1.82) is 0 Å². The Morgan fingerprint density at radius 1 is 1.17 bits per heavy atom. The molecule has 1 rings (SSSR count). The molecule has 0 spiro atoms. The first-order chi connectivity index (χ1) is 9.96. The number of hydrogen-bond acceptors (Lipinski definition) is 4. The van der Waals surface area contributed by atoms with E-state index < -0.39 is 43.7 Å². The molecule has 0 atom stereocenters. The third kappa shape index (κ3) is 6.38. The van der Waals surface area contributed by atoms with E-state index in [1.54, 1.807) is 20.8 Å². The molecule has 10 heteroatoms. The molecule has 132 valence electrons.